The molecule has 0 aliphatic carbocycles. The number of hydrogen-bond donors (Lipinski definition) is 1. The Balaban J connectivity index is 2.83. The van der Waals surface area contributed by atoms with Crippen molar-refractivity contribution in [1.29, 1.82) is 0 Å². The van der Waals surface area contributed by atoms with Gasteiger partial charge in [0.15, 0.2) is 0 Å². The Labute approximate surface area is 70.1 Å². The molecule has 1 unspecified atom stereocenters. The van der Waals surface area contributed by atoms with E-state index in [-0.39, 0.29) is 18.2 Å². The molecule has 0 fully saturated rings. The van der Waals surface area contributed by atoms with Crippen LogP contribution in [0.15, 0.2) is 29.2 Å². The maximum atomic E-state index is 11.9. The van der Waals surface area contributed by atoms with Gasteiger partial charge in [0.2, 0.25) is 0 Å². The molecule has 0 bridgehead atoms. The molecule has 1 aromatic rings. The van der Waals surface area contributed by atoms with Crippen LogP contribution in [0, 0.1) is 0 Å². The number of benzene rings is 1. The maximum absolute atomic E-state index is 11.9. The summed E-state index contributed by atoms with van der Waals surface area (Å²) in [6, 6.07) is 7.15. The molecule has 0 amide bonds. The van der Waals surface area contributed by atoms with E-state index in [2.05, 4.69) is 0 Å². The molecule has 60 valence electrons. The largest absolute Gasteiger partial charge is 0.324 e. The van der Waals surface area contributed by atoms with Gasteiger partial charge in [-0.05, 0) is 24.6 Å². The fraction of sp³-hybridized carbons (Fsp3) is 0.250. The minimum absolute atomic E-state index is 0.0219. The smallest absolute Gasteiger partial charge is 0.0812 e. The van der Waals surface area contributed by atoms with Crippen LogP contribution < -0.4 is 5.73 Å². The fourth-order valence-electron chi connectivity index (χ4n) is 0.823. The highest BCUT2D eigenvalue weighted by Crippen LogP contribution is 2.20. The molecule has 1 rings (SSSR count). The van der Waals surface area contributed by atoms with Crippen LogP contribution in [0.4, 0.5) is 3.89 Å². The molecule has 2 N–H and O–H groups in total. The Kier molecular flexibility index (Phi) is 2.91. The van der Waals surface area contributed by atoms with Gasteiger partial charge < -0.3 is 5.73 Å². The van der Waals surface area contributed by atoms with Crippen molar-refractivity contribution in [2.45, 2.75) is 17.9 Å². The molecule has 0 saturated heterocycles. The molecular weight excluding hydrogens is 161 g/mol. The second-order valence-electron chi connectivity index (χ2n) is 2.43. The Bertz CT molecular complexity index is 220. The van der Waals surface area contributed by atoms with Crippen molar-refractivity contribution in [2.75, 3.05) is 0 Å². The Hall–Kier alpha value is -0.540. The molecule has 0 saturated carbocycles. The second kappa shape index (κ2) is 3.74. The first-order valence-corrected chi connectivity index (χ1v) is 4.10. The Morgan fingerprint density at radius 3 is 2.27 bits per heavy atom. The van der Waals surface area contributed by atoms with Gasteiger partial charge in [-0.3, -0.25) is 0 Å². The highest BCUT2D eigenvalue weighted by atomic mass is 32.2. The van der Waals surface area contributed by atoms with E-state index in [4.69, 9.17) is 5.73 Å². The van der Waals surface area contributed by atoms with E-state index in [9.17, 15) is 3.89 Å². The van der Waals surface area contributed by atoms with Crippen LogP contribution in [0.3, 0.4) is 0 Å². The molecule has 1 aromatic carbocycles. The summed E-state index contributed by atoms with van der Waals surface area (Å²) >= 11 is 0.248. The van der Waals surface area contributed by atoms with Gasteiger partial charge in [-0.2, -0.15) is 3.89 Å². The maximum Gasteiger partial charge on any atom is 0.0812 e. The highest BCUT2D eigenvalue weighted by Gasteiger charge is 1.98. The zero-order valence-electron chi connectivity index (χ0n) is 6.25. The zero-order valence-corrected chi connectivity index (χ0v) is 7.07. The Morgan fingerprint density at radius 1 is 1.36 bits per heavy atom. The van der Waals surface area contributed by atoms with Gasteiger partial charge in [-0.15, -0.1) is 0 Å². The van der Waals surface area contributed by atoms with Gasteiger partial charge in [0.25, 0.3) is 0 Å². The van der Waals surface area contributed by atoms with Crippen molar-refractivity contribution in [3.63, 3.8) is 0 Å². The standard InChI is InChI=1S/C8H10FNS/c1-6(10)7-2-4-8(11-9)5-3-7/h2-6H,10H2,1H3. The van der Waals surface area contributed by atoms with Crippen molar-refractivity contribution in [3.8, 4) is 0 Å². The van der Waals surface area contributed by atoms with E-state index in [1.165, 1.54) is 0 Å². The molecule has 0 aliphatic rings. The molecular formula is C8H10FNS. The average Bonchev–Trinajstić information content (AvgIpc) is 2.05. The molecule has 0 radical (unpaired) electrons. The summed E-state index contributed by atoms with van der Waals surface area (Å²) in [5.74, 6) is 0. The van der Waals surface area contributed by atoms with Crippen LogP contribution in [-0.2, 0) is 0 Å². The first kappa shape index (κ1) is 8.56. The normalized spacial score (nSPS) is 13.0. The van der Waals surface area contributed by atoms with Crippen molar-refractivity contribution in [1.82, 2.24) is 0 Å². The van der Waals surface area contributed by atoms with Crippen molar-refractivity contribution in [2.24, 2.45) is 5.73 Å². The lowest BCUT2D eigenvalue weighted by Crippen LogP contribution is -2.03. The van der Waals surface area contributed by atoms with E-state index < -0.39 is 0 Å². The predicted octanol–water partition coefficient (Wildman–Crippen LogP) is 2.68. The van der Waals surface area contributed by atoms with Gasteiger partial charge in [0.1, 0.15) is 0 Å². The summed E-state index contributed by atoms with van der Waals surface area (Å²) < 4.78 is 11.9. The average molecular weight is 171 g/mol. The van der Waals surface area contributed by atoms with Gasteiger partial charge in [0.05, 0.1) is 12.1 Å². The van der Waals surface area contributed by atoms with Gasteiger partial charge in [0, 0.05) is 10.9 Å². The van der Waals surface area contributed by atoms with Crippen LogP contribution in [0.5, 0.6) is 0 Å². The minimum atomic E-state index is 0.0219. The third-order valence-electron chi connectivity index (χ3n) is 1.49. The molecule has 1 nitrogen and oxygen atoms in total. The van der Waals surface area contributed by atoms with Crippen LogP contribution in [-0.4, -0.2) is 0 Å². The first-order chi connectivity index (χ1) is 5.24. The monoisotopic (exact) mass is 171 g/mol. The number of rotatable bonds is 2. The quantitative estimate of drug-likeness (QED) is 0.740. The molecule has 0 aliphatic heterocycles. The first-order valence-electron chi connectivity index (χ1n) is 3.38. The SMILES string of the molecule is CC(N)c1ccc(SF)cc1. The molecule has 0 aromatic heterocycles. The summed E-state index contributed by atoms with van der Waals surface area (Å²) in [4.78, 5) is 0.620. The third-order valence-corrected chi connectivity index (χ3v) is 1.95. The second-order valence-corrected chi connectivity index (χ2v) is 3.06. The fourth-order valence-corrected chi connectivity index (χ4v) is 1.06. The zero-order chi connectivity index (χ0) is 8.27. The predicted molar refractivity (Wildman–Crippen MR) is 46.0 cm³/mol. The van der Waals surface area contributed by atoms with Gasteiger partial charge in [-0.25, -0.2) is 0 Å². The summed E-state index contributed by atoms with van der Waals surface area (Å²) in [5.41, 5.74) is 6.64. The third kappa shape index (κ3) is 2.20. The van der Waals surface area contributed by atoms with Gasteiger partial charge >= 0.3 is 0 Å². The molecule has 0 heterocycles. The van der Waals surface area contributed by atoms with Gasteiger partial charge in [-0.1, -0.05) is 12.1 Å². The molecule has 3 heteroatoms. The number of halogens is 1. The molecule has 1 atom stereocenters. The van der Waals surface area contributed by atoms with Crippen LogP contribution in [0.1, 0.15) is 18.5 Å². The number of hydrogen-bond acceptors (Lipinski definition) is 2. The number of nitrogens with two attached hydrogens (primary N) is 1. The van der Waals surface area contributed by atoms with E-state index in [1.807, 2.05) is 19.1 Å². The van der Waals surface area contributed by atoms with E-state index in [1.54, 1.807) is 12.1 Å². The lowest BCUT2D eigenvalue weighted by Gasteiger charge is -2.04. The molecule has 0 spiro atoms. The highest BCUT2D eigenvalue weighted by molar-refractivity contribution is 7.94. The van der Waals surface area contributed by atoms with Crippen LogP contribution in [0.25, 0.3) is 0 Å². The minimum Gasteiger partial charge on any atom is -0.324 e. The topological polar surface area (TPSA) is 26.0 Å². The van der Waals surface area contributed by atoms with Crippen molar-refractivity contribution in [3.05, 3.63) is 29.8 Å². The van der Waals surface area contributed by atoms with Crippen molar-refractivity contribution < 1.29 is 3.89 Å². The lowest BCUT2D eigenvalue weighted by atomic mass is 10.1. The summed E-state index contributed by atoms with van der Waals surface area (Å²) in [5, 5.41) is 0. The van der Waals surface area contributed by atoms with Crippen LogP contribution >= 0.6 is 12.1 Å². The lowest BCUT2D eigenvalue weighted by molar-refractivity contribution is 0.816. The van der Waals surface area contributed by atoms with Crippen LogP contribution in [0.2, 0.25) is 0 Å². The van der Waals surface area contributed by atoms with E-state index in [0.717, 1.165) is 5.56 Å². The van der Waals surface area contributed by atoms with Crippen molar-refractivity contribution >= 4 is 12.1 Å². The summed E-state index contributed by atoms with van der Waals surface area (Å²) in [6.07, 6.45) is 0. The molecule has 11 heavy (non-hydrogen) atoms. The Morgan fingerprint density at radius 2 is 1.91 bits per heavy atom. The van der Waals surface area contributed by atoms with E-state index in [0.29, 0.717) is 4.90 Å². The summed E-state index contributed by atoms with van der Waals surface area (Å²) in [6.45, 7) is 1.90. The van der Waals surface area contributed by atoms with E-state index >= 15 is 0 Å². The summed E-state index contributed by atoms with van der Waals surface area (Å²) in [7, 11) is 0.